The number of hydrogen-bond donors (Lipinski definition) is 5. The van der Waals surface area contributed by atoms with Crippen LogP contribution in [-0.2, 0) is 27.0 Å². The molecule has 0 spiro atoms. The number of nitrogens with one attached hydrogen (secondary N) is 2. The van der Waals surface area contributed by atoms with Crippen LogP contribution in [0.3, 0.4) is 0 Å². The lowest BCUT2D eigenvalue weighted by Crippen LogP contribution is -2.48. The average molecular weight is 536 g/mol. The van der Waals surface area contributed by atoms with Crippen molar-refractivity contribution in [3.8, 4) is 11.5 Å². The lowest BCUT2D eigenvalue weighted by Gasteiger charge is -2.27. The maximum absolute atomic E-state index is 13.3. The highest BCUT2D eigenvalue weighted by atomic mass is 16.3. The van der Waals surface area contributed by atoms with Crippen molar-refractivity contribution in [2.75, 3.05) is 11.9 Å². The molecule has 3 aromatic rings. The van der Waals surface area contributed by atoms with Crippen LogP contribution >= 0.6 is 0 Å². The van der Waals surface area contributed by atoms with Crippen molar-refractivity contribution in [2.24, 2.45) is 0 Å². The Bertz CT molecular complexity index is 1380. The average Bonchev–Trinajstić information content (AvgIpc) is 3.61. The van der Waals surface area contributed by atoms with Crippen LogP contribution in [0.15, 0.2) is 42.5 Å². The van der Waals surface area contributed by atoms with Crippen molar-refractivity contribution in [2.45, 2.75) is 89.6 Å². The third-order valence-corrected chi connectivity index (χ3v) is 8.00. The molecule has 0 bridgehead atoms. The number of aryl methyl sites for hydroxylation is 1. The SMILES string of the molecule is CCC(C)(CO)NC(=O)CCCn1c(C(C)(C)C)cc2cc(NC(=O)C3(c4ccc(O)c(O)c4)CC3)ccc21. The Morgan fingerprint density at radius 1 is 1.00 bits per heavy atom. The van der Waals surface area contributed by atoms with Crippen LogP contribution in [0, 0.1) is 0 Å². The van der Waals surface area contributed by atoms with Gasteiger partial charge in [-0.2, -0.15) is 0 Å². The molecule has 1 aromatic heterocycles. The van der Waals surface area contributed by atoms with Gasteiger partial charge in [-0.3, -0.25) is 9.59 Å². The Labute approximate surface area is 230 Å². The van der Waals surface area contributed by atoms with E-state index >= 15 is 0 Å². The number of aromatic nitrogens is 1. The smallest absolute Gasteiger partial charge is 0.235 e. The van der Waals surface area contributed by atoms with Crippen LogP contribution in [0.25, 0.3) is 10.9 Å². The van der Waals surface area contributed by atoms with Gasteiger partial charge in [0.25, 0.3) is 0 Å². The molecule has 0 aliphatic heterocycles. The lowest BCUT2D eigenvalue weighted by molar-refractivity contribution is -0.123. The van der Waals surface area contributed by atoms with E-state index in [1.54, 1.807) is 6.07 Å². The first-order chi connectivity index (χ1) is 18.3. The summed E-state index contributed by atoms with van der Waals surface area (Å²) in [5.41, 5.74) is 2.15. The highest BCUT2D eigenvalue weighted by Gasteiger charge is 2.51. The fourth-order valence-electron chi connectivity index (χ4n) is 5.09. The Kier molecular flexibility index (Phi) is 7.72. The van der Waals surface area contributed by atoms with Gasteiger partial charge in [-0.15, -0.1) is 0 Å². The molecule has 2 amide bonds. The first-order valence-corrected chi connectivity index (χ1v) is 13.7. The van der Waals surface area contributed by atoms with Gasteiger partial charge in [0.1, 0.15) is 0 Å². The maximum Gasteiger partial charge on any atom is 0.235 e. The van der Waals surface area contributed by atoms with Crippen molar-refractivity contribution in [1.82, 2.24) is 9.88 Å². The monoisotopic (exact) mass is 535 g/mol. The number of carbonyl (C=O) groups excluding carboxylic acids is 2. The minimum atomic E-state index is -0.701. The van der Waals surface area contributed by atoms with E-state index in [4.69, 9.17) is 0 Å². The van der Waals surface area contributed by atoms with Crippen molar-refractivity contribution >= 4 is 28.4 Å². The molecule has 1 unspecified atom stereocenters. The second-order valence-electron chi connectivity index (χ2n) is 12.2. The van der Waals surface area contributed by atoms with Crippen LogP contribution in [0.2, 0.25) is 0 Å². The molecule has 1 aliphatic rings. The Morgan fingerprint density at radius 3 is 2.31 bits per heavy atom. The predicted molar refractivity (Wildman–Crippen MR) is 153 cm³/mol. The largest absolute Gasteiger partial charge is 0.504 e. The Hall–Kier alpha value is -3.52. The molecule has 1 heterocycles. The first kappa shape index (κ1) is 28.5. The molecule has 0 saturated heterocycles. The molecule has 0 radical (unpaired) electrons. The van der Waals surface area contributed by atoms with Crippen LogP contribution in [0.4, 0.5) is 5.69 Å². The van der Waals surface area contributed by atoms with Gasteiger partial charge < -0.3 is 30.5 Å². The molecular weight excluding hydrogens is 494 g/mol. The molecular formula is C31H41N3O5. The first-order valence-electron chi connectivity index (χ1n) is 13.7. The van der Waals surface area contributed by atoms with Gasteiger partial charge in [-0.1, -0.05) is 33.8 Å². The van der Waals surface area contributed by atoms with E-state index in [9.17, 15) is 24.9 Å². The number of nitrogens with zero attached hydrogens (tertiary/aromatic N) is 1. The summed E-state index contributed by atoms with van der Waals surface area (Å²) in [7, 11) is 0. The van der Waals surface area contributed by atoms with Crippen LogP contribution in [0.1, 0.15) is 78.0 Å². The second kappa shape index (κ2) is 10.6. The number of amides is 2. The van der Waals surface area contributed by atoms with E-state index in [0.717, 1.165) is 16.6 Å². The Morgan fingerprint density at radius 2 is 1.72 bits per heavy atom. The number of carbonyl (C=O) groups is 2. The quantitative estimate of drug-likeness (QED) is 0.232. The zero-order valence-corrected chi connectivity index (χ0v) is 23.6. The van der Waals surface area contributed by atoms with Crippen LogP contribution in [-0.4, -0.2) is 43.8 Å². The zero-order valence-electron chi connectivity index (χ0n) is 23.6. The summed E-state index contributed by atoms with van der Waals surface area (Å²) in [6.07, 6.45) is 3.04. The van der Waals surface area contributed by atoms with Gasteiger partial charge in [0, 0.05) is 40.7 Å². The van der Waals surface area contributed by atoms with Gasteiger partial charge in [0.05, 0.1) is 17.6 Å². The summed E-state index contributed by atoms with van der Waals surface area (Å²) in [4.78, 5) is 25.8. The van der Waals surface area contributed by atoms with Gasteiger partial charge in [0.2, 0.25) is 11.8 Å². The molecule has 1 atom stereocenters. The number of phenols is 2. The van der Waals surface area contributed by atoms with Gasteiger partial charge in [0.15, 0.2) is 11.5 Å². The third kappa shape index (κ3) is 5.91. The topological polar surface area (TPSA) is 124 Å². The minimum absolute atomic E-state index is 0.0666. The summed E-state index contributed by atoms with van der Waals surface area (Å²) < 4.78 is 2.25. The highest BCUT2D eigenvalue weighted by molar-refractivity contribution is 6.02. The maximum atomic E-state index is 13.3. The van der Waals surface area contributed by atoms with Crippen molar-refractivity contribution in [3.05, 3.63) is 53.7 Å². The summed E-state index contributed by atoms with van der Waals surface area (Å²) in [6.45, 7) is 10.8. The van der Waals surface area contributed by atoms with E-state index in [2.05, 4.69) is 42.0 Å². The van der Waals surface area contributed by atoms with Gasteiger partial charge in [-0.05, 0) is 74.6 Å². The van der Waals surface area contributed by atoms with E-state index < -0.39 is 11.0 Å². The molecule has 5 N–H and O–H groups in total. The molecule has 1 saturated carbocycles. The molecule has 1 fully saturated rings. The number of aliphatic hydroxyl groups excluding tert-OH is 1. The number of hydrogen-bond acceptors (Lipinski definition) is 5. The molecule has 8 nitrogen and oxygen atoms in total. The number of anilines is 1. The van der Waals surface area contributed by atoms with Crippen molar-refractivity contribution < 1.29 is 24.9 Å². The Balaban J connectivity index is 1.52. The third-order valence-electron chi connectivity index (χ3n) is 8.00. The lowest BCUT2D eigenvalue weighted by atomic mass is 9.92. The number of fused-ring (bicyclic) bond motifs is 1. The van der Waals surface area contributed by atoms with Crippen molar-refractivity contribution in [1.29, 1.82) is 0 Å². The van der Waals surface area contributed by atoms with Crippen LogP contribution < -0.4 is 10.6 Å². The van der Waals surface area contributed by atoms with E-state index in [0.29, 0.717) is 49.9 Å². The summed E-state index contributed by atoms with van der Waals surface area (Å²) >= 11 is 0. The highest BCUT2D eigenvalue weighted by Crippen LogP contribution is 2.50. The fourth-order valence-corrected chi connectivity index (χ4v) is 5.09. The van der Waals surface area contributed by atoms with Crippen LogP contribution in [0.5, 0.6) is 11.5 Å². The van der Waals surface area contributed by atoms with Gasteiger partial charge >= 0.3 is 0 Å². The number of aliphatic hydroxyl groups is 1. The fraction of sp³-hybridized carbons (Fsp3) is 0.484. The summed E-state index contributed by atoms with van der Waals surface area (Å²) in [6, 6.07) is 12.6. The van der Waals surface area contributed by atoms with Gasteiger partial charge in [-0.25, -0.2) is 0 Å². The second-order valence-corrected chi connectivity index (χ2v) is 12.2. The predicted octanol–water partition coefficient (Wildman–Crippen LogP) is 5.08. The van der Waals surface area contributed by atoms with Crippen molar-refractivity contribution in [3.63, 3.8) is 0 Å². The summed E-state index contributed by atoms with van der Waals surface area (Å²) in [5.74, 6) is -0.627. The number of rotatable bonds is 10. The number of phenolic OH excluding ortho intramolecular Hbond substituents is 2. The molecule has 1 aliphatic carbocycles. The molecule has 210 valence electrons. The normalized spacial score (nSPS) is 16.1. The van der Waals surface area contributed by atoms with E-state index in [1.807, 2.05) is 32.0 Å². The number of benzene rings is 2. The van der Waals surface area contributed by atoms with E-state index in [-0.39, 0.29) is 35.3 Å². The standard InChI is InChI=1S/C31H41N3O5/c1-6-30(5,19-35)33-27(38)8-7-15-34-23-11-10-22(16-20(23)17-26(34)29(2,3)4)32-28(39)31(13-14-31)21-9-12-24(36)25(37)18-21/h9-12,16-18,35-37H,6-8,13-15,19H2,1-5H3,(H,32,39)(H,33,38). The summed E-state index contributed by atoms with van der Waals surface area (Å²) in [5, 5.41) is 36.2. The molecule has 8 heteroatoms. The molecule has 39 heavy (non-hydrogen) atoms. The molecule has 4 rings (SSSR count). The zero-order chi connectivity index (χ0) is 28.6. The van der Waals surface area contributed by atoms with E-state index in [1.165, 1.54) is 12.1 Å². The number of aromatic hydroxyl groups is 2. The molecule has 2 aromatic carbocycles. The minimum Gasteiger partial charge on any atom is -0.504 e.